The summed E-state index contributed by atoms with van der Waals surface area (Å²) in [7, 11) is 1.67. The highest BCUT2D eigenvalue weighted by atomic mass is 32.1. The van der Waals surface area contributed by atoms with E-state index in [0.717, 1.165) is 39.5 Å². The number of aryl methyl sites for hydroxylation is 2. The Morgan fingerprint density at radius 1 is 1.27 bits per heavy atom. The van der Waals surface area contributed by atoms with Gasteiger partial charge in [0.25, 0.3) is 5.56 Å². The van der Waals surface area contributed by atoms with Crippen LogP contribution in [0, 0.1) is 6.92 Å². The number of hydrogen-bond acceptors (Lipinski definition) is 4. The molecule has 2 aromatic heterocycles. The molecule has 4 nitrogen and oxygen atoms in total. The van der Waals surface area contributed by atoms with Gasteiger partial charge in [0.05, 0.1) is 5.39 Å². The fraction of sp³-hybridized carbons (Fsp3) is 0.294. The predicted octanol–water partition coefficient (Wildman–Crippen LogP) is 3.54. The van der Waals surface area contributed by atoms with Gasteiger partial charge in [-0.2, -0.15) is 0 Å². The van der Waals surface area contributed by atoms with E-state index >= 15 is 0 Å². The molecule has 0 amide bonds. The molecular weight excluding hydrogens is 296 g/mol. The van der Waals surface area contributed by atoms with E-state index in [0.29, 0.717) is 12.0 Å². The molecule has 0 atom stereocenters. The number of nitrogens with one attached hydrogen (secondary N) is 1. The Bertz CT molecular complexity index is 837. The van der Waals surface area contributed by atoms with Crippen LogP contribution in [-0.4, -0.2) is 23.7 Å². The number of aromatic nitrogens is 2. The van der Waals surface area contributed by atoms with Crippen molar-refractivity contribution in [2.24, 2.45) is 0 Å². The molecule has 0 aliphatic carbocycles. The van der Waals surface area contributed by atoms with Crippen molar-refractivity contribution in [2.45, 2.75) is 19.8 Å². The lowest BCUT2D eigenvalue weighted by Crippen LogP contribution is -2.12. The lowest BCUT2D eigenvalue weighted by atomic mass is 10.1. The molecule has 0 fully saturated rings. The van der Waals surface area contributed by atoms with Gasteiger partial charge >= 0.3 is 0 Å². The van der Waals surface area contributed by atoms with E-state index in [2.05, 4.69) is 22.1 Å². The van der Waals surface area contributed by atoms with Crippen molar-refractivity contribution in [3.05, 3.63) is 52.1 Å². The van der Waals surface area contributed by atoms with Crippen LogP contribution >= 0.6 is 11.3 Å². The van der Waals surface area contributed by atoms with Crippen LogP contribution in [0.2, 0.25) is 0 Å². The zero-order valence-corrected chi connectivity index (χ0v) is 13.5. The van der Waals surface area contributed by atoms with Crippen molar-refractivity contribution in [1.82, 2.24) is 9.97 Å². The van der Waals surface area contributed by atoms with Crippen LogP contribution in [0.5, 0.6) is 0 Å². The van der Waals surface area contributed by atoms with Crippen LogP contribution in [-0.2, 0) is 11.2 Å². The third-order valence-electron chi connectivity index (χ3n) is 3.65. The Labute approximate surface area is 132 Å². The van der Waals surface area contributed by atoms with Crippen molar-refractivity contribution < 1.29 is 4.74 Å². The highest BCUT2D eigenvalue weighted by Gasteiger charge is 2.15. The van der Waals surface area contributed by atoms with E-state index in [-0.39, 0.29) is 5.56 Å². The molecule has 0 aliphatic rings. The van der Waals surface area contributed by atoms with Crippen molar-refractivity contribution in [2.75, 3.05) is 13.7 Å². The van der Waals surface area contributed by atoms with Crippen LogP contribution in [0.4, 0.5) is 0 Å². The summed E-state index contributed by atoms with van der Waals surface area (Å²) in [5.74, 6) is 0.732. The third kappa shape index (κ3) is 2.82. The lowest BCUT2D eigenvalue weighted by molar-refractivity contribution is 0.194. The first kappa shape index (κ1) is 14.9. The number of H-pyrrole nitrogens is 1. The Balaban J connectivity index is 2.06. The molecule has 5 heteroatoms. The molecule has 0 saturated carbocycles. The summed E-state index contributed by atoms with van der Waals surface area (Å²) in [6, 6.07) is 10.1. The van der Waals surface area contributed by atoms with Crippen LogP contribution in [0.3, 0.4) is 0 Å². The summed E-state index contributed by atoms with van der Waals surface area (Å²) in [4.78, 5) is 21.8. The fourth-order valence-electron chi connectivity index (χ4n) is 2.56. The minimum Gasteiger partial charge on any atom is -0.385 e. The maximum Gasteiger partial charge on any atom is 0.259 e. The number of aromatic amines is 1. The largest absolute Gasteiger partial charge is 0.385 e. The number of fused-ring (bicyclic) bond motifs is 1. The number of rotatable bonds is 5. The Morgan fingerprint density at radius 3 is 2.77 bits per heavy atom. The molecule has 0 spiro atoms. The second kappa shape index (κ2) is 6.42. The lowest BCUT2D eigenvalue weighted by Gasteiger charge is -2.00. The molecule has 3 aromatic rings. The monoisotopic (exact) mass is 314 g/mol. The highest BCUT2D eigenvalue weighted by Crippen LogP contribution is 2.35. The first-order valence-corrected chi connectivity index (χ1v) is 8.09. The average molecular weight is 314 g/mol. The standard InChI is InChI=1S/C17H18N2O2S/c1-11-14-16(20)18-13(9-6-10-21-2)19-17(14)22-15(11)12-7-4-3-5-8-12/h3-5,7-8H,6,9-10H2,1-2H3,(H,18,19,20). The van der Waals surface area contributed by atoms with Gasteiger partial charge in [-0.3, -0.25) is 4.79 Å². The van der Waals surface area contributed by atoms with Gasteiger partial charge in [0.2, 0.25) is 0 Å². The Morgan fingerprint density at radius 2 is 2.05 bits per heavy atom. The Kier molecular flexibility index (Phi) is 4.36. The minimum atomic E-state index is -0.0478. The molecule has 0 bridgehead atoms. The van der Waals surface area contributed by atoms with Crippen LogP contribution in [0.25, 0.3) is 20.7 Å². The van der Waals surface area contributed by atoms with E-state index in [1.165, 1.54) is 0 Å². The number of thiophene rings is 1. The Hall–Kier alpha value is -1.98. The van der Waals surface area contributed by atoms with Gasteiger partial charge in [-0.1, -0.05) is 30.3 Å². The van der Waals surface area contributed by atoms with Crippen LogP contribution < -0.4 is 5.56 Å². The van der Waals surface area contributed by atoms with Gasteiger partial charge in [-0.15, -0.1) is 11.3 Å². The van der Waals surface area contributed by atoms with E-state index in [1.807, 2.05) is 25.1 Å². The second-order valence-corrected chi connectivity index (χ2v) is 6.21. The predicted molar refractivity (Wildman–Crippen MR) is 90.6 cm³/mol. The van der Waals surface area contributed by atoms with Crippen molar-refractivity contribution in [3.63, 3.8) is 0 Å². The van der Waals surface area contributed by atoms with Gasteiger partial charge in [-0.05, 0) is 24.5 Å². The van der Waals surface area contributed by atoms with Gasteiger partial charge in [0.15, 0.2) is 0 Å². The van der Waals surface area contributed by atoms with Gasteiger partial charge < -0.3 is 9.72 Å². The van der Waals surface area contributed by atoms with Gasteiger partial charge in [-0.25, -0.2) is 4.98 Å². The first-order chi connectivity index (χ1) is 10.7. The number of benzene rings is 1. The van der Waals surface area contributed by atoms with E-state index in [1.54, 1.807) is 18.4 Å². The average Bonchev–Trinajstić information content (AvgIpc) is 2.86. The van der Waals surface area contributed by atoms with Gasteiger partial charge in [0, 0.05) is 25.0 Å². The maximum absolute atomic E-state index is 12.4. The molecule has 1 aromatic carbocycles. The van der Waals surface area contributed by atoms with Crippen LogP contribution in [0.15, 0.2) is 35.1 Å². The molecule has 3 rings (SSSR count). The van der Waals surface area contributed by atoms with E-state index in [4.69, 9.17) is 4.74 Å². The minimum absolute atomic E-state index is 0.0478. The highest BCUT2D eigenvalue weighted by molar-refractivity contribution is 7.22. The molecule has 0 saturated heterocycles. The molecular formula is C17H18N2O2S. The summed E-state index contributed by atoms with van der Waals surface area (Å²) in [5, 5.41) is 0.708. The summed E-state index contributed by atoms with van der Waals surface area (Å²) >= 11 is 1.58. The second-order valence-electron chi connectivity index (χ2n) is 5.21. The molecule has 0 aliphatic heterocycles. The third-order valence-corrected chi connectivity index (χ3v) is 4.88. The topological polar surface area (TPSA) is 55.0 Å². The van der Waals surface area contributed by atoms with Gasteiger partial charge in [0.1, 0.15) is 10.7 Å². The molecule has 22 heavy (non-hydrogen) atoms. The SMILES string of the molecule is COCCCc1nc2sc(-c3ccccc3)c(C)c2c(=O)[nH]1. The number of ether oxygens (including phenoxy) is 1. The number of nitrogens with zero attached hydrogens (tertiary/aromatic N) is 1. The summed E-state index contributed by atoms with van der Waals surface area (Å²) in [6.45, 7) is 2.66. The quantitative estimate of drug-likeness (QED) is 0.733. The summed E-state index contributed by atoms with van der Waals surface area (Å²) in [5.41, 5.74) is 2.08. The zero-order valence-electron chi connectivity index (χ0n) is 12.7. The van der Waals surface area contributed by atoms with Crippen molar-refractivity contribution in [1.29, 1.82) is 0 Å². The molecule has 2 heterocycles. The molecule has 114 valence electrons. The molecule has 0 unspecified atom stereocenters. The fourth-order valence-corrected chi connectivity index (χ4v) is 3.76. The van der Waals surface area contributed by atoms with Crippen molar-refractivity contribution >= 4 is 21.6 Å². The summed E-state index contributed by atoms with van der Waals surface area (Å²) in [6.07, 6.45) is 1.57. The van der Waals surface area contributed by atoms with E-state index < -0.39 is 0 Å². The maximum atomic E-state index is 12.4. The summed E-state index contributed by atoms with van der Waals surface area (Å²) < 4.78 is 5.05. The van der Waals surface area contributed by atoms with Crippen molar-refractivity contribution in [3.8, 4) is 10.4 Å². The number of hydrogen-bond donors (Lipinski definition) is 1. The van der Waals surface area contributed by atoms with E-state index in [9.17, 15) is 4.79 Å². The first-order valence-electron chi connectivity index (χ1n) is 7.27. The number of methoxy groups -OCH3 is 1. The smallest absolute Gasteiger partial charge is 0.259 e. The normalized spacial score (nSPS) is 11.2. The molecule has 1 N–H and O–H groups in total. The van der Waals surface area contributed by atoms with Crippen LogP contribution in [0.1, 0.15) is 17.8 Å². The molecule has 0 radical (unpaired) electrons. The zero-order chi connectivity index (χ0) is 15.5.